The number of nitrogens with zero attached hydrogens (tertiary/aromatic N) is 2. The van der Waals surface area contributed by atoms with E-state index in [1.165, 1.54) is 13.8 Å². The van der Waals surface area contributed by atoms with Gasteiger partial charge in [-0.1, -0.05) is 18.2 Å². The molecule has 2 aromatic rings. The predicted molar refractivity (Wildman–Crippen MR) is 82.2 cm³/mol. The first-order valence-corrected chi connectivity index (χ1v) is 7.06. The maximum absolute atomic E-state index is 14.0. The maximum Gasteiger partial charge on any atom is 0.271 e. The van der Waals surface area contributed by atoms with Gasteiger partial charge in [-0.25, -0.2) is 18.7 Å². The zero-order chi connectivity index (χ0) is 16.9. The van der Waals surface area contributed by atoms with E-state index in [0.717, 1.165) is 17.9 Å². The summed E-state index contributed by atoms with van der Waals surface area (Å²) >= 11 is 0. The molecule has 1 aliphatic heterocycles. The van der Waals surface area contributed by atoms with Crippen molar-refractivity contribution in [2.24, 2.45) is 0 Å². The van der Waals surface area contributed by atoms with Gasteiger partial charge in [0.2, 0.25) is 0 Å². The van der Waals surface area contributed by atoms with Crippen molar-refractivity contribution in [3.05, 3.63) is 47.0 Å². The van der Waals surface area contributed by atoms with Crippen LogP contribution in [0.1, 0.15) is 26.3 Å². The molecule has 0 atom stereocenters. The molecule has 0 N–H and O–H groups in total. The van der Waals surface area contributed by atoms with Gasteiger partial charge in [-0.3, -0.25) is 9.59 Å². The Morgan fingerprint density at radius 3 is 2.17 bits per heavy atom. The van der Waals surface area contributed by atoms with E-state index in [-0.39, 0.29) is 11.4 Å². The molecule has 0 saturated carbocycles. The molecule has 2 amide bonds. The van der Waals surface area contributed by atoms with Crippen molar-refractivity contribution >= 4 is 28.5 Å². The summed E-state index contributed by atoms with van der Waals surface area (Å²) in [4.78, 5) is 29.6. The van der Waals surface area contributed by atoms with Crippen LogP contribution in [-0.2, 0) is 15.5 Å². The Morgan fingerprint density at radius 2 is 1.61 bits per heavy atom. The molecule has 4 nitrogen and oxygen atoms in total. The molecule has 118 valence electrons. The van der Waals surface area contributed by atoms with E-state index in [4.69, 9.17) is 0 Å². The summed E-state index contributed by atoms with van der Waals surface area (Å²) < 4.78 is 27.9. The fourth-order valence-corrected chi connectivity index (χ4v) is 2.60. The van der Waals surface area contributed by atoms with Crippen LogP contribution in [-0.4, -0.2) is 16.8 Å². The van der Waals surface area contributed by atoms with Crippen molar-refractivity contribution in [1.82, 2.24) is 4.98 Å². The first kappa shape index (κ1) is 15.3. The fourth-order valence-electron chi connectivity index (χ4n) is 2.60. The monoisotopic (exact) mass is 316 g/mol. The Kier molecular flexibility index (Phi) is 3.28. The number of carbonyl (C=O) groups is 2. The number of rotatable bonds is 2. The van der Waals surface area contributed by atoms with E-state index in [2.05, 4.69) is 4.98 Å². The zero-order valence-electron chi connectivity index (χ0n) is 12.9. The molecule has 0 fully saturated rings. The number of carbonyl (C=O) groups excluding carboxylic acids is 2. The van der Waals surface area contributed by atoms with Gasteiger partial charge in [-0.2, -0.15) is 0 Å². The zero-order valence-corrected chi connectivity index (χ0v) is 12.9. The molecule has 0 saturated heterocycles. The van der Waals surface area contributed by atoms with Crippen molar-refractivity contribution in [2.75, 3.05) is 4.90 Å². The van der Waals surface area contributed by atoms with Crippen molar-refractivity contribution in [3.63, 3.8) is 0 Å². The lowest BCUT2D eigenvalue weighted by Crippen LogP contribution is -2.32. The van der Waals surface area contributed by atoms with Gasteiger partial charge in [0.25, 0.3) is 17.7 Å². The topological polar surface area (TPSA) is 50.3 Å². The number of benzene rings is 1. The number of anilines is 1. The molecule has 1 aromatic heterocycles. The number of amides is 2. The SMILES string of the molecule is CC1=C(C)C(=O)N(c2cc(C(C)(F)F)c3ccccc3n2)C1=O. The minimum Gasteiger partial charge on any atom is -0.269 e. The minimum absolute atomic E-state index is 0.0774. The maximum atomic E-state index is 14.0. The third-order valence-corrected chi connectivity index (χ3v) is 4.01. The van der Waals surface area contributed by atoms with Crippen LogP contribution in [0.4, 0.5) is 14.6 Å². The van der Waals surface area contributed by atoms with Crippen molar-refractivity contribution in [2.45, 2.75) is 26.7 Å². The highest BCUT2D eigenvalue weighted by Crippen LogP contribution is 2.36. The second kappa shape index (κ2) is 4.94. The highest BCUT2D eigenvalue weighted by atomic mass is 19.3. The Hall–Kier alpha value is -2.63. The van der Waals surface area contributed by atoms with E-state index in [9.17, 15) is 18.4 Å². The second-order valence-electron chi connectivity index (χ2n) is 5.63. The minimum atomic E-state index is -3.12. The number of para-hydroxylation sites is 1. The summed E-state index contributed by atoms with van der Waals surface area (Å²) in [5, 5.41) is 0.296. The third kappa shape index (κ3) is 2.30. The predicted octanol–water partition coefficient (Wildman–Crippen LogP) is 3.56. The summed E-state index contributed by atoms with van der Waals surface area (Å²) in [6.07, 6.45) is 0. The van der Waals surface area contributed by atoms with Crippen molar-refractivity contribution in [3.8, 4) is 0 Å². The molecule has 0 unspecified atom stereocenters. The van der Waals surface area contributed by atoms with Crippen LogP contribution < -0.4 is 4.90 Å². The largest absolute Gasteiger partial charge is 0.271 e. The van der Waals surface area contributed by atoms with Gasteiger partial charge in [0.05, 0.1) is 5.52 Å². The molecule has 6 heteroatoms. The average molecular weight is 316 g/mol. The number of imide groups is 1. The molecular formula is C17H14F2N2O2. The molecule has 2 heterocycles. The summed E-state index contributed by atoms with van der Waals surface area (Å²) in [6, 6.07) is 7.54. The van der Waals surface area contributed by atoms with Crippen molar-refractivity contribution < 1.29 is 18.4 Å². The van der Waals surface area contributed by atoms with Gasteiger partial charge in [0, 0.05) is 29.0 Å². The van der Waals surface area contributed by atoms with Gasteiger partial charge < -0.3 is 0 Å². The molecule has 23 heavy (non-hydrogen) atoms. The normalized spacial score (nSPS) is 16.0. The van der Waals surface area contributed by atoms with Crippen LogP contribution in [0.25, 0.3) is 10.9 Å². The lowest BCUT2D eigenvalue weighted by molar-refractivity contribution is -0.120. The highest BCUT2D eigenvalue weighted by Gasteiger charge is 2.37. The number of pyridine rings is 1. The quantitative estimate of drug-likeness (QED) is 0.796. The van der Waals surface area contributed by atoms with Crippen LogP contribution in [0.3, 0.4) is 0 Å². The number of hydrogen-bond acceptors (Lipinski definition) is 3. The lowest BCUT2D eigenvalue weighted by atomic mass is 10.0. The Balaban J connectivity index is 2.25. The summed E-state index contributed by atoms with van der Waals surface area (Å²) in [7, 11) is 0. The smallest absolute Gasteiger partial charge is 0.269 e. The van der Waals surface area contributed by atoms with Gasteiger partial charge >= 0.3 is 0 Å². The molecule has 3 rings (SSSR count). The fraction of sp³-hybridized carbons (Fsp3) is 0.235. The van der Waals surface area contributed by atoms with Gasteiger partial charge in [-0.05, 0) is 26.0 Å². The molecule has 0 spiro atoms. The average Bonchev–Trinajstić information content (AvgIpc) is 2.69. The Morgan fingerprint density at radius 1 is 1.04 bits per heavy atom. The number of halogens is 2. The van der Waals surface area contributed by atoms with E-state index >= 15 is 0 Å². The van der Waals surface area contributed by atoms with Gasteiger partial charge in [0.15, 0.2) is 0 Å². The molecular weight excluding hydrogens is 302 g/mol. The number of aromatic nitrogens is 1. The van der Waals surface area contributed by atoms with Crippen LogP contribution >= 0.6 is 0 Å². The van der Waals surface area contributed by atoms with E-state index in [1.54, 1.807) is 24.3 Å². The summed E-state index contributed by atoms with van der Waals surface area (Å²) in [5.74, 6) is -4.26. The Bertz CT molecular complexity index is 858. The Labute approximate surface area is 131 Å². The van der Waals surface area contributed by atoms with Gasteiger partial charge in [0.1, 0.15) is 5.82 Å². The summed E-state index contributed by atoms with van der Waals surface area (Å²) in [6.45, 7) is 3.85. The third-order valence-electron chi connectivity index (χ3n) is 4.01. The van der Waals surface area contributed by atoms with Crippen LogP contribution in [0, 0.1) is 0 Å². The molecule has 0 aliphatic carbocycles. The number of hydrogen-bond donors (Lipinski definition) is 0. The van der Waals surface area contributed by atoms with Crippen LogP contribution in [0.5, 0.6) is 0 Å². The van der Waals surface area contributed by atoms with E-state index in [0.29, 0.717) is 22.0 Å². The highest BCUT2D eigenvalue weighted by molar-refractivity contribution is 6.32. The first-order valence-electron chi connectivity index (χ1n) is 7.06. The number of fused-ring (bicyclic) bond motifs is 1. The second-order valence-corrected chi connectivity index (χ2v) is 5.63. The van der Waals surface area contributed by atoms with Crippen LogP contribution in [0.15, 0.2) is 41.5 Å². The van der Waals surface area contributed by atoms with E-state index in [1.807, 2.05) is 0 Å². The van der Waals surface area contributed by atoms with Crippen molar-refractivity contribution in [1.29, 1.82) is 0 Å². The van der Waals surface area contributed by atoms with Crippen LogP contribution in [0.2, 0.25) is 0 Å². The van der Waals surface area contributed by atoms with Gasteiger partial charge in [-0.15, -0.1) is 0 Å². The summed E-state index contributed by atoms with van der Waals surface area (Å²) in [5.41, 5.74) is 0.648. The lowest BCUT2D eigenvalue weighted by Gasteiger charge is -2.19. The molecule has 1 aromatic carbocycles. The molecule has 0 bridgehead atoms. The van der Waals surface area contributed by atoms with E-state index < -0.39 is 17.7 Å². The number of alkyl halides is 2. The molecule has 1 aliphatic rings. The first-order chi connectivity index (χ1) is 10.7. The molecule has 0 radical (unpaired) electrons. The standard InChI is InChI=1S/C17H14F2N2O2/c1-9-10(2)16(23)21(15(9)22)14-8-12(17(3,18)19)11-6-4-5-7-13(11)20-14/h4-8H,1-3H3.